The summed E-state index contributed by atoms with van der Waals surface area (Å²) in [6, 6.07) is 1.68. The molecule has 44 heavy (non-hydrogen) atoms. The number of fused-ring (bicyclic) bond motifs is 4. The highest BCUT2D eigenvalue weighted by Gasteiger charge is 2.36. The summed E-state index contributed by atoms with van der Waals surface area (Å²) in [4.78, 5) is 27.4. The Morgan fingerprint density at radius 2 is 1.95 bits per heavy atom. The van der Waals surface area contributed by atoms with Gasteiger partial charge in [0.25, 0.3) is 0 Å². The highest BCUT2D eigenvalue weighted by atomic mass is 32.1. The Labute approximate surface area is 255 Å². The fourth-order valence-electron chi connectivity index (χ4n) is 5.67. The minimum Gasteiger partial charge on any atom is -0.444 e. The van der Waals surface area contributed by atoms with Crippen LogP contribution in [0.4, 0.5) is 28.9 Å². The molecule has 1 amide bonds. The Morgan fingerprint density at radius 3 is 2.66 bits per heavy atom. The predicted molar refractivity (Wildman–Crippen MR) is 160 cm³/mol. The first kappa shape index (κ1) is 30.0. The number of hydrogen-bond acceptors (Lipinski definition) is 10. The molecule has 0 saturated carbocycles. The van der Waals surface area contributed by atoms with Crippen LogP contribution in [-0.4, -0.2) is 58.0 Å². The number of amides is 1. The molecule has 2 atom stereocenters. The van der Waals surface area contributed by atoms with Crippen molar-refractivity contribution >= 4 is 49.4 Å². The van der Waals surface area contributed by atoms with E-state index in [-0.39, 0.29) is 69.2 Å². The second-order valence-electron chi connectivity index (χ2n) is 12.1. The van der Waals surface area contributed by atoms with Gasteiger partial charge in [0.05, 0.1) is 48.0 Å². The third kappa shape index (κ3) is 5.29. The highest BCUT2D eigenvalue weighted by molar-refractivity contribution is 7.23. The first-order chi connectivity index (χ1) is 20.9. The topological polar surface area (TPSA) is 125 Å². The van der Waals surface area contributed by atoms with Gasteiger partial charge >= 0.3 is 6.09 Å². The lowest BCUT2D eigenvalue weighted by molar-refractivity contribution is 0.0636. The number of thiophene rings is 1. The molecule has 0 unspecified atom stereocenters. The van der Waals surface area contributed by atoms with Crippen LogP contribution in [0.1, 0.15) is 51.3 Å². The van der Waals surface area contributed by atoms with E-state index in [9.17, 15) is 14.4 Å². The van der Waals surface area contributed by atoms with Crippen LogP contribution in [0.3, 0.4) is 0 Å². The number of anilines is 2. The Morgan fingerprint density at radius 1 is 1.20 bits per heavy atom. The maximum absolute atomic E-state index is 16.7. The van der Waals surface area contributed by atoms with E-state index in [1.165, 1.54) is 6.20 Å². The van der Waals surface area contributed by atoms with Crippen LogP contribution < -0.4 is 15.5 Å². The van der Waals surface area contributed by atoms with Gasteiger partial charge in [-0.25, -0.2) is 27.9 Å². The third-order valence-electron chi connectivity index (χ3n) is 7.40. The number of halogens is 3. The van der Waals surface area contributed by atoms with Crippen molar-refractivity contribution in [1.82, 2.24) is 20.3 Å². The molecule has 2 aliphatic rings. The van der Waals surface area contributed by atoms with E-state index >= 15 is 8.78 Å². The lowest BCUT2D eigenvalue weighted by Gasteiger charge is -2.19. The molecule has 0 radical (unpaired) electrons. The zero-order valence-electron chi connectivity index (χ0n) is 24.7. The van der Waals surface area contributed by atoms with E-state index in [0.717, 1.165) is 17.5 Å². The van der Waals surface area contributed by atoms with E-state index < -0.39 is 35.5 Å². The number of alkyl halides is 1. The Bertz CT molecular complexity index is 1850. The van der Waals surface area contributed by atoms with Crippen molar-refractivity contribution in [2.45, 2.75) is 71.7 Å². The average Bonchev–Trinajstić information content (AvgIpc) is 3.66. The van der Waals surface area contributed by atoms with Crippen molar-refractivity contribution in [2.75, 3.05) is 23.3 Å². The van der Waals surface area contributed by atoms with Crippen LogP contribution in [0, 0.1) is 23.0 Å². The van der Waals surface area contributed by atoms with Crippen molar-refractivity contribution in [3.63, 3.8) is 0 Å². The van der Waals surface area contributed by atoms with Crippen LogP contribution in [0.15, 0.2) is 12.4 Å². The standard InChI is InChI=1S/C30H30F3N7O3S/c1-13(2)37-20-10-40(9-19(20)32)28-36-7-15-16-11-42-12-17(16)21(23(33)24(15)38-28)25-22-14(6-34)27(39-29(41)43-30(3,4)5)44-26(22)18(31)8-35-25/h7-8,13,19-20,37H,9-12H2,1-5H3,(H,39,41)/t19-,20-/m0/s1. The van der Waals surface area contributed by atoms with E-state index in [2.05, 4.69) is 25.6 Å². The van der Waals surface area contributed by atoms with Crippen molar-refractivity contribution in [2.24, 2.45) is 0 Å². The molecule has 1 fully saturated rings. The van der Waals surface area contributed by atoms with Crippen LogP contribution in [-0.2, 0) is 22.7 Å². The fraction of sp³-hybridized carbons (Fsp3) is 0.433. The lowest BCUT2D eigenvalue weighted by atomic mass is 9.94. The maximum atomic E-state index is 16.7. The molecule has 10 nitrogen and oxygen atoms in total. The molecular weight excluding hydrogens is 595 g/mol. The van der Waals surface area contributed by atoms with Crippen LogP contribution >= 0.6 is 11.3 Å². The summed E-state index contributed by atoms with van der Waals surface area (Å²) >= 11 is 0.828. The van der Waals surface area contributed by atoms with Gasteiger partial charge in [0.2, 0.25) is 5.95 Å². The normalized spacial score (nSPS) is 18.3. The number of ether oxygens (including phenoxy) is 2. The lowest BCUT2D eigenvalue weighted by Crippen LogP contribution is -2.41. The van der Waals surface area contributed by atoms with Gasteiger partial charge in [-0.2, -0.15) is 5.26 Å². The largest absolute Gasteiger partial charge is 0.444 e. The Kier molecular flexibility index (Phi) is 7.59. The quantitative estimate of drug-likeness (QED) is 0.276. The second kappa shape index (κ2) is 11.1. The number of aromatic nitrogens is 3. The van der Waals surface area contributed by atoms with E-state index in [1.54, 1.807) is 25.7 Å². The van der Waals surface area contributed by atoms with E-state index in [4.69, 9.17) is 9.47 Å². The number of rotatable bonds is 5. The summed E-state index contributed by atoms with van der Waals surface area (Å²) in [5.74, 6) is -1.32. The summed E-state index contributed by atoms with van der Waals surface area (Å²) in [6.45, 7) is 9.48. The molecule has 5 heterocycles. The molecular formula is C30H30F3N7O3S. The zero-order valence-corrected chi connectivity index (χ0v) is 25.5. The van der Waals surface area contributed by atoms with Crippen molar-refractivity contribution < 1.29 is 27.4 Å². The maximum Gasteiger partial charge on any atom is 0.412 e. The molecule has 1 aromatic carbocycles. The summed E-state index contributed by atoms with van der Waals surface area (Å²) in [7, 11) is 0. The number of carbonyl (C=O) groups is 1. The first-order valence-corrected chi connectivity index (χ1v) is 14.9. The van der Waals surface area contributed by atoms with Gasteiger partial charge in [-0.1, -0.05) is 13.8 Å². The number of nitrogens with zero attached hydrogens (tertiary/aromatic N) is 5. The highest BCUT2D eigenvalue weighted by Crippen LogP contribution is 2.46. The number of nitrogens with one attached hydrogen (secondary N) is 2. The minimum atomic E-state index is -1.16. The number of nitriles is 1. The van der Waals surface area contributed by atoms with Gasteiger partial charge in [0, 0.05) is 35.1 Å². The summed E-state index contributed by atoms with van der Waals surface area (Å²) < 4.78 is 57.7. The summed E-state index contributed by atoms with van der Waals surface area (Å²) in [5, 5.41) is 16.4. The molecule has 0 spiro atoms. The molecule has 230 valence electrons. The SMILES string of the molecule is CC(C)N[C@H]1CN(c2ncc3c4c(c(-c5ncc(F)c6sc(NC(=O)OC(C)(C)C)c(C#N)c56)c(F)c3n2)COC4)C[C@@H]1F. The molecule has 2 N–H and O–H groups in total. The number of carbonyl (C=O) groups excluding carboxylic acids is 1. The van der Waals surface area contributed by atoms with Crippen molar-refractivity contribution in [3.8, 4) is 17.3 Å². The van der Waals surface area contributed by atoms with Gasteiger partial charge in [-0.05, 0) is 31.9 Å². The smallest absolute Gasteiger partial charge is 0.412 e. The minimum absolute atomic E-state index is 0.0129. The van der Waals surface area contributed by atoms with Gasteiger partial charge in [-0.15, -0.1) is 11.3 Å². The van der Waals surface area contributed by atoms with Crippen LogP contribution in [0.2, 0.25) is 0 Å². The Hall–Kier alpha value is -4.06. The van der Waals surface area contributed by atoms with Gasteiger partial charge in [0.1, 0.15) is 28.4 Å². The van der Waals surface area contributed by atoms with Crippen LogP contribution in [0.25, 0.3) is 32.2 Å². The average molecular weight is 626 g/mol. The van der Waals surface area contributed by atoms with Crippen molar-refractivity contribution in [3.05, 3.63) is 40.7 Å². The molecule has 1 saturated heterocycles. The fourth-order valence-corrected chi connectivity index (χ4v) is 6.71. The van der Waals surface area contributed by atoms with Crippen molar-refractivity contribution in [1.29, 1.82) is 5.26 Å². The molecule has 2 aliphatic heterocycles. The first-order valence-electron chi connectivity index (χ1n) is 14.1. The molecule has 0 aliphatic carbocycles. The summed E-state index contributed by atoms with van der Waals surface area (Å²) in [5.41, 5.74) is 0.239. The molecule has 6 rings (SSSR count). The van der Waals surface area contributed by atoms with Crippen LogP contribution in [0.5, 0.6) is 0 Å². The zero-order chi connectivity index (χ0) is 31.5. The third-order valence-corrected chi connectivity index (χ3v) is 8.51. The van der Waals surface area contributed by atoms with Gasteiger partial charge in [-0.3, -0.25) is 10.3 Å². The Balaban J connectivity index is 1.50. The van der Waals surface area contributed by atoms with E-state index in [0.29, 0.717) is 23.1 Å². The summed E-state index contributed by atoms with van der Waals surface area (Å²) in [6.07, 6.45) is 0.482. The van der Waals surface area contributed by atoms with E-state index in [1.807, 2.05) is 19.9 Å². The molecule has 14 heteroatoms. The molecule has 3 aromatic heterocycles. The number of hydrogen-bond donors (Lipinski definition) is 2. The predicted octanol–water partition coefficient (Wildman–Crippen LogP) is 5.96. The molecule has 4 aromatic rings. The molecule has 0 bridgehead atoms. The number of pyridine rings is 1. The second-order valence-corrected chi connectivity index (χ2v) is 13.1. The monoisotopic (exact) mass is 625 g/mol. The van der Waals surface area contributed by atoms with Gasteiger partial charge in [0.15, 0.2) is 11.6 Å². The van der Waals surface area contributed by atoms with Gasteiger partial charge < -0.3 is 19.7 Å². The number of benzene rings is 1.